The quantitative estimate of drug-likeness (QED) is 0.626. The van der Waals surface area contributed by atoms with Gasteiger partial charge in [-0.15, -0.1) is 0 Å². The molecule has 0 radical (unpaired) electrons. The van der Waals surface area contributed by atoms with Gasteiger partial charge in [0.05, 0.1) is 17.5 Å². The molecule has 0 aliphatic heterocycles. The standard InChI is InChI=1S/C24H22N2O3/c1-16-8-7-9-17(14-16)25-23(27)19-15-20(19)24(28)26-21-12-5-6-13-22(21)29-18-10-3-2-4-11-18/h2-14,19-20H,15H2,1H3,(H,25,27)(H,26,28). The molecule has 5 heteroatoms. The van der Waals surface area contributed by atoms with Crippen molar-refractivity contribution in [1.82, 2.24) is 0 Å². The van der Waals surface area contributed by atoms with Gasteiger partial charge in [-0.25, -0.2) is 0 Å². The average Bonchev–Trinajstić information content (AvgIpc) is 3.52. The van der Waals surface area contributed by atoms with Crippen molar-refractivity contribution in [2.45, 2.75) is 13.3 Å². The number of aryl methyl sites for hydroxylation is 1. The van der Waals surface area contributed by atoms with Gasteiger partial charge in [-0.2, -0.15) is 0 Å². The topological polar surface area (TPSA) is 67.4 Å². The van der Waals surface area contributed by atoms with Crippen molar-refractivity contribution in [3.63, 3.8) is 0 Å². The summed E-state index contributed by atoms with van der Waals surface area (Å²) in [5.74, 6) is 0.329. The second-order valence-corrected chi connectivity index (χ2v) is 7.21. The van der Waals surface area contributed by atoms with Crippen LogP contribution in [0.3, 0.4) is 0 Å². The highest BCUT2D eigenvalue weighted by molar-refractivity contribution is 6.03. The van der Waals surface area contributed by atoms with Crippen molar-refractivity contribution < 1.29 is 14.3 Å². The first-order valence-corrected chi connectivity index (χ1v) is 9.60. The number of ether oxygens (including phenoxy) is 1. The minimum atomic E-state index is -0.329. The van der Waals surface area contributed by atoms with E-state index in [1.54, 1.807) is 12.1 Å². The van der Waals surface area contributed by atoms with Gasteiger partial charge >= 0.3 is 0 Å². The highest BCUT2D eigenvalue weighted by atomic mass is 16.5. The summed E-state index contributed by atoms with van der Waals surface area (Å²) in [4.78, 5) is 25.1. The average molecular weight is 386 g/mol. The maximum atomic E-state index is 12.7. The lowest BCUT2D eigenvalue weighted by Crippen LogP contribution is -2.20. The Balaban J connectivity index is 1.38. The summed E-state index contributed by atoms with van der Waals surface area (Å²) >= 11 is 0. The van der Waals surface area contributed by atoms with Crippen LogP contribution in [0.5, 0.6) is 11.5 Å². The smallest absolute Gasteiger partial charge is 0.228 e. The Kier molecular flexibility index (Phi) is 5.29. The van der Waals surface area contributed by atoms with Crippen LogP contribution in [0.25, 0.3) is 0 Å². The maximum Gasteiger partial charge on any atom is 0.228 e. The summed E-state index contributed by atoms with van der Waals surface area (Å²) < 4.78 is 5.88. The molecule has 0 aromatic heterocycles. The number of nitrogens with one attached hydrogen (secondary N) is 2. The molecule has 3 aromatic carbocycles. The van der Waals surface area contributed by atoms with Crippen molar-refractivity contribution in [3.05, 3.63) is 84.4 Å². The molecular weight excluding hydrogens is 364 g/mol. The molecule has 0 heterocycles. The highest BCUT2D eigenvalue weighted by Crippen LogP contribution is 2.41. The van der Waals surface area contributed by atoms with Crippen LogP contribution in [0, 0.1) is 18.8 Å². The van der Waals surface area contributed by atoms with Crippen LogP contribution in [0.2, 0.25) is 0 Å². The molecule has 3 aromatic rings. The molecule has 1 fully saturated rings. The predicted octanol–water partition coefficient (Wildman–Crippen LogP) is 5.00. The van der Waals surface area contributed by atoms with E-state index in [-0.39, 0.29) is 23.7 Å². The first-order valence-electron chi connectivity index (χ1n) is 9.60. The van der Waals surface area contributed by atoms with Gasteiger partial charge in [0.15, 0.2) is 5.75 Å². The summed E-state index contributed by atoms with van der Waals surface area (Å²) in [5.41, 5.74) is 2.41. The summed E-state index contributed by atoms with van der Waals surface area (Å²) in [7, 11) is 0. The third-order valence-corrected chi connectivity index (χ3v) is 4.87. The van der Waals surface area contributed by atoms with Gasteiger partial charge in [-0.05, 0) is 55.3 Å². The molecule has 2 unspecified atom stereocenters. The van der Waals surface area contributed by atoms with Crippen molar-refractivity contribution in [2.24, 2.45) is 11.8 Å². The predicted molar refractivity (Wildman–Crippen MR) is 113 cm³/mol. The number of hydrogen-bond donors (Lipinski definition) is 2. The van der Waals surface area contributed by atoms with Gasteiger partial charge in [0, 0.05) is 5.69 Å². The van der Waals surface area contributed by atoms with Crippen LogP contribution < -0.4 is 15.4 Å². The molecule has 0 spiro atoms. The monoisotopic (exact) mass is 386 g/mol. The van der Waals surface area contributed by atoms with E-state index in [9.17, 15) is 9.59 Å². The minimum absolute atomic E-state index is 0.121. The lowest BCUT2D eigenvalue weighted by Gasteiger charge is -2.12. The van der Waals surface area contributed by atoms with Crippen LogP contribution in [0.15, 0.2) is 78.9 Å². The molecule has 1 aliphatic carbocycles. The van der Waals surface area contributed by atoms with E-state index in [0.717, 1.165) is 11.3 Å². The zero-order valence-corrected chi connectivity index (χ0v) is 16.1. The van der Waals surface area contributed by atoms with Gasteiger partial charge < -0.3 is 15.4 Å². The van der Waals surface area contributed by atoms with E-state index in [1.807, 2.05) is 73.7 Å². The number of amides is 2. The number of hydrogen-bond acceptors (Lipinski definition) is 3. The molecule has 2 N–H and O–H groups in total. The molecule has 0 saturated heterocycles. The van der Waals surface area contributed by atoms with Gasteiger partial charge in [0.25, 0.3) is 0 Å². The molecule has 0 bridgehead atoms. The molecule has 5 nitrogen and oxygen atoms in total. The van der Waals surface area contributed by atoms with Crippen LogP contribution in [0.4, 0.5) is 11.4 Å². The fourth-order valence-electron chi connectivity index (χ4n) is 3.23. The second kappa shape index (κ2) is 8.19. The Hall–Kier alpha value is -3.60. The van der Waals surface area contributed by atoms with Gasteiger partial charge in [-0.3, -0.25) is 9.59 Å². The van der Waals surface area contributed by atoms with E-state index < -0.39 is 0 Å². The van der Waals surface area contributed by atoms with E-state index in [0.29, 0.717) is 23.6 Å². The van der Waals surface area contributed by atoms with Crippen molar-refractivity contribution in [3.8, 4) is 11.5 Å². The Labute approximate surface area is 169 Å². The van der Waals surface area contributed by atoms with Crippen LogP contribution in [-0.2, 0) is 9.59 Å². The molecule has 146 valence electrons. The van der Waals surface area contributed by atoms with Crippen LogP contribution in [-0.4, -0.2) is 11.8 Å². The fourth-order valence-corrected chi connectivity index (χ4v) is 3.23. The normalized spacial score (nSPS) is 17.3. The molecule has 2 amide bonds. The minimum Gasteiger partial charge on any atom is -0.455 e. The SMILES string of the molecule is Cc1cccc(NC(=O)C2CC2C(=O)Nc2ccccc2Oc2ccccc2)c1. The van der Waals surface area contributed by atoms with Gasteiger partial charge in [0.1, 0.15) is 5.75 Å². The largest absolute Gasteiger partial charge is 0.455 e. The number of anilines is 2. The fraction of sp³-hybridized carbons (Fsp3) is 0.167. The molecule has 1 aliphatic rings. The first kappa shape index (κ1) is 18.7. The Morgan fingerprint density at radius 2 is 1.52 bits per heavy atom. The van der Waals surface area contributed by atoms with Gasteiger partial charge in [0.2, 0.25) is 11.8 Å². The summed E-state index contributed by atoms with van der Waals surface area (Å²) in [5, 5.41) is 5.80. The van der Waals surface area contributed by atoms with Gasteiger partial charge in [-0.1, -0.05) is 42.5 Å². The molecule has 4 rings (SSSR count). The van der Waals surface area contributed by atoms with E-state index in [4.69, 9.17) is 4.74 Å². The zero-order chi connectivity index (χ0) is 20.2. The lowest BCUT2D eigenvalue weighted by atomic mass is 10.2. The Morgan fingerprint density at radius 1 is 0.828 bits per heavy atom. The number of carbonyl (C=O) groups is 2. The summed E-state index contributed by atoms with van der Waals surface area (Å²) in [6.45, 7) is 1.97. The Morgan fingerprint density at radius 3 is 2.28 bits per heavy atom. The molecule has 29 heavy (non-hydrogen) atoms. The first-order chi connectivity index (χ1) is 14.1. The summed E-state index contributed by atoms with van der Waals surface area (Å²) in [6, 6.07) is 24.3. The second-order valence-electron chi connectivity index (χ2n) is 7.21. The lowest BCUT2D eigenvalue weighted by molar-refractivity contribution is -0.122. The molecular formula is C24H22N2O3. The van der Waals surface area contributed by atoms with Crippen LogP contribution in [0.1, 0.15) is 12.0 Å². The Bertz CT molecular complexity index is 1030. The number of para-hydroxylation sites is 3. The summed E-state index contributed by atoms with van der Waals surface area (Å²) in [6.07, 6.45) is 0.547. The van der Waals surface area contributed by atoms with Crippen molar-refractivity contribution >= 4 is 23.2 Å². The third-order valence-electron chi connectivity index (χ3n) is 4.87. The highest BCUT2D eigenvalue weighted by Gasteiger charge is 2.48. The van der Waals surface area contributed by atoms with E-state index in [1.165, 1.54) is 0 Å². The van der Waals surface area contributed by atoms with Crippen molar-refractivity contribution in [1.29, 1.82) is 0 Å². The number of carbonyl (C=O) groups excluding carboxylic acids is 2. The number of benzene rings is 3. The maximum absolute atomic E-state index is 12.7. The third kappa shape index (κ3) is 4.63. The van der Waals surface area contributed by atoms with Crippen molar-refractivity contribution in [2.75, 3.05) is 10.6 Å². The number of rotatable bonds is 6. The zero-order valence-electron chi connectivity index (χ0n) is 16.1. The van der Waals surface area contributed by atoms with E-state index >= 15 is 0 Å². The molecule has 2 atom stereocenters. The van der Waals surface area contributed by atoms with E-state index in [2.05, 4.69) is 10.6 Å². The van der Waals surface area contributed by atoms with Crippen LogP contribution >= 0.6 is 0 Å². The molecule has 1 saturated carbocycles.